The average molecular weight is 318 g/mol. The zero-order chi connectivity index (χ0) is 16.8. The summed E-state index contributed by atoms with van der Waals surface area (Å²) >= 11 is 0. The molecular weight excluding hydrogens is 291 g/mol. The molecule has 3 rings (SSSR count). The molecule has 0 amide bonds. The van der Waals surface area contributed by atoms with Crippen LogP contribution in [-0.4, -0.2) is 35.5 Å². The van der Waals surface area contributed by atoms with E-state index < -0.39 is 7.12 Å². The fraction of sp³-hybridized carbons (Fsp3) is 0.706. The van der Waals surface area contributed by atoms with E-state index in [2.05, 4.69) is 38.0 Å². The quantitative estimate of drug-likeness (QED) is 0.846. The molecule has 1 saturated heterocycles. The van der Waals surface area contributed by atoms with Crippen molar-refractivity contribution >= 4 is 18.3 Å². The van der Waals surface area contributed by atoms with Gasteiger partial charge in [-0.05, 0) is 60.5 Å². The zero-order valence-electron chi connectivity index (χ0n) is 15.0. The topological polar surface area (TPSA) is 52.6 Å². The smallest absolute Gasteiger partial charge is 0.473 e. The van der Waals surface area contributed by atoms with Gasteiger partial charge in [0.15, 0.2) is 0 Å². The second-order valence-electron chi connectivity index (χ2n) is 7.79. The molecule has 0 bridgehead atoms. The van der Waals surface area contributed by atoms with Crippen LogP contribution in [0.5, 0.6) is 5.88 Å². The molecule has 1 aromatic rings. The molecule has 6 heteroatoms. The molecule has 5 nitrogen and oxygen atoms in total. The number of nitrogens with one attached hydrogen (secondary N) is 1. The van der Waals surface area contributed by atoms with Gasteiger partial charge < -0.3 is 19.4 Å². The van der Waals surface area contributed by atoms with Gasteiger partial charge in [0.05, 0.1) is 23.0 Å². The molecule has 0 unspecified atom stereocenters. The largest absolute Gasteiger partial charge is 0.496 e. The molecule has 1 N–H and O–H groups in total. The van der Waals surface area contributed by atoms with Gasteiger partial charge >= 0.3 is 7.12 Å². The third-order valence-electron chi connectivity index (χ3n) is 4.68. The van der Waals surface area contributed by atoms with E-state index >= 15 is 0 Å². The summed E-state index contributed by atoms with van der Waals surface area (Å²) in [4.78, 5) is 4.50. The van der Waals surface area contributed by atoms with E-state index in [1.807, 2.05) is 19.9 Å². The van der Waals surface area contributed by atoms with Crippen molar-refractivity contribution in [3.8, 4) is 5.88 Å². The summed E-state index contributed by atoms with van der Waals surface area (Å²) in [6, 6.07) is 2.57. The molecule has 1 aliphatic heterocycles. The lowest BCUT2D eigenvalue weighted by atomic mass is 9.80. The fourth-order valence-corrected chi connectivity index (χ4v) is 2.44. The molecule has 0 spiro atoms. The monoisotopic (exact) mass is 318 g/mol. The Balaban J connectivity index is 1.85. The molecule has 0 aromatic carbocycles. The minimum Gasteiger partial charge on any atom is -0.473 e. The van der Waals surface area contributed by atoms with Crippen LogP contribution >= 0.6 is 0 Å². The first-order valence-corrected chi connectivity index (χ1v) is 8.47. The fourth-order valence-electron chi connectivity index (χ4n) is 2.44. The summed E-state index contributed by atoms with van der Waals surface area (Å²) in [5.41, 5.74) is 1.14. The van der Waals surface area contributed by atoms with Crippen molar-refractivity contribution in [1.82, 2.24) is 4.98 Å². The van der Waals surface area contributed by atoms with E-state index in [9.17, 15) is 0 Å². The number of aromatic nitrogens is 1. The van der Waals surface area contributed by atoms with Gasteiger partial charge in [-0.25, -0.2) is 4.98 Å². The number of nitrogens with zero attached hydrogens (tertiary/aromatic N) is 1. The number of ether oxygens (including phenoxy) is 1. The lowest BCUT2D eigenvalue weighted by molar-refractivity contribution is 0.00578. The van der Waals surface area contributed by atoms with Crippen LogP contribution in [0.3, 0.4) is 0 Å². The van der Waals surface area contributed by atoms with Crippen molar-refractivity contribution in [2.24, 2.45) is 0 Å². The second kappa shape index (κ2) is 5.67. The summed E-state index contributed by atoms with van der Waals surface area (Å²) in [5.74, 6) is 0.646. The van der Waals surface area contributed by atoms with Crippen LogP contribution in [0.1, 0.15) is 54.4 Å². The van der Waals surface area contributed by atoms with E-state index in [4.69, 9.17) is 14.0 Å². The van der Waals surface area contributed by atoms with Crippen molar-refractivity contribution in [2.45, 2.75) is 77.7 Å². The predicted octanol–water partition coefficient (Wildman–Crippen LogP) is 2.74. The van der Waals surface area contributed by atoms with Crippen LogP contribution in [0.15, 0.2) is 12.3 Å². The first kappa shape index (κ1) is 16.6. The standard InChI is InChI=1S/C17H27BN2O3/c1-11(2)21-15-14(20-13-7-8-13)9-12(10-19-15)18-22-16(3,4)17(5,6)23-18/h9-11,13,20H,7-8H2,1-6H3. The lowest BCUT2D eigenvalue weighted by Crippen LogP contribution is -2.41. The number of pyridine rings is 1. The Labute approximate surface area is 139 Å². The third-order valence-corrected chi connectivity index (χ3v) is 4.68. The Kier molecular flexibility index (Phi) is 4.09. The number of anilines is 1. The highest BCUT2D eigenvalue weighted by molar-refractivity contribution is 6.62. The van der Waals surface area contributed by atoms with Crippen LogP contribution in [0.25, 0.3) is 0 Å². The van der Waals surface area contributed by atoms with Gasteiger partial charge in [0.2, 0.25) is 5.88 Å². The lowest BCUT2D eigenvalue weighted by Gasteiger charge is -2.32. The Bertz CT molecular complexity index is 569. The van der Waals surface area contributed by atoms with Crippen LogP contribution < -0.4 is 15.5 Å². The minimum absolute atomic E-state index is 0.0879. The Morgan fingerprint density at radius 2 is 1.83 bits per heavy atom. The number of rotatable bonds is 5. The Morgan fingerprint density at radius 1 is 1.22 bits per heavy atom. The van der Waals surface area contributed by atoms with E-state index in [0.717, 1.165) is 11.2 Å². The Morgan fingerprint density at radius 3 is 2.35 bits per heavy atom. The molecule has 23 heavy (non-hydrogen) atoms. The number of hydrogen-bond donors (Lipinski definition) is 1. The van der Waals surface area contributed by atoms with Crippen LogP contribution in [0.2, 0.25) is 0 Å². The van der Waals surface area contributed by atoms with Crippen molar-refractivity contribution in [3.05, 3.63) is 12.3 Å². The summed E-state index contributed by atoms with van der Waals surface area (Å²) < 4.78 is 18.0. The highest BCUT2D eigenvalue weighted by Crippen LogP contribution is 2.37. The molecule has 1 aliphatic carbocycles. The van der Waals surface area contributed by atoms with Gasteiger partial charge in [0.25, 0.3) is 0 Å². The summed E-state index contributed by atoms with van der Waals surface area (Å²) in [6.45, 7) is 12.2. The zero-order valence-corrected chi connectivity index (χ0v) is 15.0. The molecule has 0 radical (unpaired) electrons. The van der Waals surface area contributed by atoms with Gasteiger partial charge in [0, 0.05) is 17.7 Å². The van der Waals surface area contributed by atoms with Gasteiger partial charge in [-0.2, -0.15) is 0 Å². The molecule has 1 aromatic heterocycles. The maximum Gasteiger partial charge on any atom is 0.496 e. The molecule has 2 fully saturated rings. The van der Waals surface area contributed by atoms with E-state index in [-0.39, 0.29) is 17.3 Å². The normalized spacial score (nSPS) is 22.5. The SMILES string of the molecule is CC(C)Oc1ncc(B2OC(C)(C)C(C)(C)O2)cc1NC1CC1. The van der Waals surface area contributed by atoms with Gasteiger partial charge in [-0.15, -0.1) is 0 Å². The molecule has 2 heterocycles. The molecule has 126 valence electrons. The molecule has 2 aliphatic rings. The van der Waals surface area contributed by atoms with Crippen molar-refractivity contribution in [1.29, 1.82) is 0 Å². The second-order valence-corrected chi connectivity index (χ2v) is 7.79. The molecular formula is C17H27BN2O3. The summed E-state index contributed by atoms with van der Waals surface area (Å²) in [5, 5.41) is 3.50. The Hall–Kier alpha value is -1.27. The van der Waals surface area contributed by atoms with Crippen LogP contribution in [0.4, 0.5) is 5.69 Å². The first-order chi connectivity index (χ1) is 10.7. The van der Waals surface area contributed by atoms with Gasteiger partial charge in [-0.1, -0.05) is 0 Å². The number of hydrogen-bond acceptors (Lipinski definition) is 5. The highest BCUT2D eigenvalue weighted by atomic mass is 16.7. The van der Waals surface area contributed by atoms with E-state index in [0.29, 0.717) is 11.9 Å². The van der Waals surface area contributed by atoms with Crippen molar-refractivity contribution < 1.29 is 14.0 Å². The van der Waals surface area contributed by atoms with E-state index in [1.54, 1.807) is 6.20 Å². The van der Waals surface area contributed by atoms with E-state index in [1.165, 1.54) is 12.8 Å². The first-order valence-electron chi connectivity index (χ1n) is 8.47. The predicted molar refractivity (Wildman–Crippen MR) is 92.4 cm³/mol. The van der Waals surface area contributed by atoms with Crippen molar-refractivity contribution in [2.75, 3.05) is 5.32 Å². The highest BCUT2D eigenvalue weighted by Gasteiger charge is 2.52. The van der Waals surface area contributed by atoms with Crippen LogP contribution in [0, 0.1) is 0 Å². The van der Waals surface area contributed by atoms with Gasteiger partial charge in [0.1, 0.15) is 0 Å². The maximum absolute atomic E-state index is 6.12. The molecule has 0 atom stereocenters. The van der Waals surface area contributed by atoms with Gasteiger partial charge in [-0.3, -0.25) is 0 Å². The molecule has 1 saturated carbocycles. The summed E-state index contributed by atoms with van der Waals surface area (Å²) in [6.07, 6.45) is 4.27. The minimum atomic E-state index is -0.402. The maximum atomic E-state index is 6.12. The average Bonchev–Trinajstić information content (AvgIpc) is 3.19. The third kappa shape index (κ3) is 3.48. The summed E-state index contributed by atoms with van der Waals surface area (Å²) in [7, 11) is -0.402. The van der Waals surface area contributed by atoms with Crippen LogP contribution in [-0.2, 0) is 9.31 Å². The van der Waals surface area contributed by atoms with Crippen molar-refractivity contribution in [3.63, 3.8) is 0 Å².